The van der Waals surface area contributed by atoms with Crippen LogP contribution >= 0.6 is 0 Å². The van der Waals surface area contributed by atoms with Crippen molar-refractivity contribution in [3.8, 4) is 0 Å². The van der Waals surface area contributed by atoms with Crippen LogP contribution in [0.2, 0.25) is 0 Å². The van der Waals surface area contributed by atoms with E-state index in [0.717, 1.165) is 44.3 Å². The molecule has 1 fully saturated rings. The summed E-state index contributed by atoms with van der Waals surface area (Å²) in [5.74, 6) is 1.35. The van der Waals surface area contributed by atoms with Crippen LogP contribution < -0.4 is 5.73 Å². The molecule has 2 N–H and O–H groups in total. The average Bonchev–Trinajstić information content (AvgIpc) is 2.75. The minimum atomic E-state index is 0.250. The Labute approximate surface area is 102 Å². The molecule has 1 aromatic rings. The normalized spacial score (nSPS) is 25.1. The van der Waals surface area contributed by atoms with E-state index in [9.17, 15) is 0 Å². The Kier molecular flexibility index (Phi) is 4.50. The van der Waals surface area contributed by atoms with Crippen LogP contribution in [0.25, 0.3) is 0 Å². The Morgan fingerprint density at radius 1 is 1.47 bits per heavy atom. The fourth-order valence-corrected chi connectivity index (χ4v) is 2.20. The minimum absolute atomic E-state index is 0.250. The predicted molar refractivity (Wildman–Crippen MR) is 63.3 cm³/mol. The summed E-state index contributed by atoms with van der Waals surface area (Å²) in [7, 11) is 0. The van der Waals surface area contributed by atoms with Crippen molar-refractivity contribution in [3.05, 3.63) is 11.7 Å². The number of aryl methyl sites for hydroxylation is 1. The van der Waals surface area contributed by atoms with Crippen molar-refractivity contribution in [1.29, 1.82) is 0 Å². The summed E-state index contributed by atoms with van der Waals surface area (Å²) in [6, 6.07) is 0.284. The van der Waals surface area contributed by atoms with Gasteiger partial charge < -0.3 is 15.0 Å². The van der Waals surface area contributed by atoms with Gasteiger partial charge in [-0.15, -0.1) is 0 Å². The van der Waals surface area contributed by atoms with Crippen LogP contribution in [0.1, 0.15) is 50.7 Å². The third-order valence-corrected chi connectivity index (χ3v) is 3.09. The molecule has 1 heterocycles. The lowest BCUT2D eigenvalue weighted by molar-refractivity contribution is 0.000497. The molecular weight excluding hydrogens is 218 g/mol. The third-order valence-electron chi connectivity index (χ3n) is 3.09. The van der Waals surface area contributed by atoms with Crippen LogP contribution in [0.3, 0.4) is 0 Å². The van der Waals surface area contributed by atoms with E-state index in [1.165, 1.54) is 0 Å². The monoisotopic (exact) mass is 239 g/mol. The molecule has 0 aliphatic heterocycles. The summed E-state index contributed by atoms with van der Waals surface area (Å²) >= 11 is 0. The molecule has 0 bridgehead atoms. The van der Waals surface area contributed by atoms with Crippen molar-refractivity contribution in [3.63, 3.8) is 0 Å². The first-order chi connectivity index (χ1) is 8.28. The van der Waals surface area contributed by atoms with E-state index in [2.05, 4.69) is 17.1 Å². The second kappa shape index (κ2) is 6.12. The van der Waals surface area contributed by atoms with Crippen molar-refractivity contribution in [2.24, 2.45) is 5.73 Å². The summed E-state index contributed by atoms with van der Waals surface area (Å²) in [4.78, 5) is 4.27. The molecule has 5 nitrogen and oxygen atoms in total. The van der Waals surface area contributed by atoms with Crippen LogP contribution in [0, 0.1) is 0 Å². The molecule has 96 valence electrons. The molecule has 5 heteroatoms. The predicted octanol–water partition coefficient (Wildman–Crippen LogP) is 1.81. The van der Waals surface area contributed by atoms with E-state index >= 15 is 0 Å². The molecule has 0 radical (unpaired) electrons. The number of rotatable bonds is 5. The van der Waals surface area contributed by atoms with Gasteiger partial charge in [-0.2, -0.15) is 4.98 Å². The summed E-state index contributed by atoms with van der Waals surface area (Å²) in [6.07, 6.45) is 6.42. The Hall–Kier alpha value is -0.940. The maximum Gasteiger partial charge on any atom is 0.252 e. The average molecular weight is 239 g/mol. The van der Waals surface area contributed by atoms with Gasteiger partial charge in [-0.05, 0) is 32.1 Å². The van der Waals surface area contributed by atoms with E-state index in [1.54, 1.807) is 0 Å². The highest BCUT2D eigenvalue weighted by Crippen LogP contribution is 2.20. The number of ether oxygens (including phenoxy) is 1. The molecule has 1 saturated carbocycles. The lowest BCUT2D eigenvalue weighted by atomic mass is 9.94. The Balaban J connectivity index is 1.76. The van der Waals surface area contributed by atoms with E-state index in [1.807, 2.05) is 0 Å². The molecule has 1 aliphatic rings. The smallest absolute Gasteiger partial charge is 0.252 e. The van der Waals surface area contributed by atoms with Crippen molar-refractivity contribution in [1.82, 2.24) is 10.1 Å². The van der Waals surface area contributed by atoms with Gasteiger partial charge in [0.25, 0.3) is 5.89 Å². The van der Waals surface area contributed by atoms with Gasteiger partial charge in [-0.1, -0.05) is 12.1 Å². The summed E-state index contributed by atoms with van der Waals surface area (Å²) in [5, 5.41) is 3.89. The highest BCUT2D eigenvalue weighted by atomic mass is 16.5. The molecule has 1 aromatic heterocycles. The van der Waals surface area contributed by atoms with Gasteiger partial charge in [-0.25, -0.2) is 0 Å². The Morgan fingerprint density at radius 3 is 3.12 bits per heavy atom. The number of nitrogens with two attached hydrogens (primary N) is 1. The molecule has 17 heavy (non-hydrogen) atoms. The molecule has 2 atom stereocenters. The zero-order chi connectivity index (χ0) is 12.1. The third kappa shape index (κ3) is 3.78. The number of nitrogens with zero attached hydrogens (tertiary/aromatic N) is 2. The van der Waals surface area contributed by atoms with Gasteiger partial charge in [-0.3, -0.25) is 0 Å². The zero-order valence-corrected chi connectivity index (χ0v) is 10.4. The van der Waals surface area contributed by atoms with Gasteiger partial charge >= 0.3 is 0 Å². The van der Waals surface area contributed by atoms with Crippen molar-refractivity contribution in [2.75, 3.05) is 0 Å². The van der Waals surface area contributed by atoms with Crippen molar-refractivity contribution >= 4 is 0 Å². The molecule has 0 amide bonds. The molecular formula is C12H21N3O2. The van der Waals surface area contributed by atoms with Crippen LogP contribution in [0.15, 0.2) is 4.52 Å². The van der Waals surface area contributed by atoms with E-state index in [-0.39, 0.29) is 12.1 Å². The maximum absolute atomic E-state index is 5.91. The first-order valence-electron chi connectivity index (χ1n) is 6.46. The van der Waals surface area contributed by atoms with Gasteiger partial charge in [0.2, 0.25) is 0 Å². The highest BCUT2D eigenvalue weighted by Gasteiger charge is 2.20. The molecule has 0 spiro atoms. The summed E-state index contributed by atoms with van der Waals surface area (Å²) in [6.45, 7) is 2.50. The van der Waals surface area contributed by atoms with Crippen LogP contribution in [0.4, 0.5) is 0 Å². The quantitative estimate of drug-likeness (QED) is 0.848. The molecule has 0 saturated heterocycles. The van der Waals surface area contributed by atoms with E-state index in [0.29, 0.717) is 12.5 Å². The SMILES string of the molecule is CCCc1noc(COC2CCCC(N)C2)n1. The second-order valence-electron chi connectivity index (χ2n) is 4.71. The second-order valence-corrected chi connectivity index (χ2v) is 4.71. The molecule has 1 aliphatic carbocycles. The summed E-state index contributed by atoms with van der Waals surface area (Å²) in [5.41, 5.74) is 5.91. The highest BCUT2D eigenvalue weighted by molar-refractivity contribution is 4.85. The van der Waals surface area contributed by atoms with E-state index in [4.69, 9.17) is 15.0 Å². The maximum atomic E-state index is 5.91. The first kappa shape index (κ1) is 12.5. The Bertz CT molecular complexity index is 340. The minimum Gasteiger partial charge on any atom is -0.368 e. The van der Waals surface area contributed by atoms with Crippen molar-refractivity contribution in [2.45, 2.75) is 64.2 Å². The standard InChI is InChI=1S/C12H21N3O2/c1-2-4-11-14-12(17-15-11)8-16-10-6-3-5-9(13)7-10/h9-10H,2-8,13H2,1H3. The summed E-state index contributed by atoms with van der Waals surface area (Å²) < 4.78 is 10.9. The number of aromatic nitrogens is 2. The number of hydrogen-bond acceptors (Lipinski definition) is 5. The van der Waals surface area contributed by atoms with Crippen LogP contribution in [-0.2, 0) is 17.8 Å². The molecule has 2 unspecified atom stereocenters. The first-order valence-corrected chi connectivity index (χ1v) is 6.46. The van der Waals surface area contributed by atoms with Crippen molar-refractivity contribution < 1.29 is 9.26 Å². The molecule has 2 rings (SSSR count). The van der Waals surface area contributed by atoms with Gasteiger partial charge in [0.15, 0.2) is 5.82 Å². The number of hydrogen-bond donors (Lipinski definition) is 1. The lowest BCUT2D eigenvalue weighted by Crippen LogP contribution is -2.32. The fraction of sp³-hybridized carbons (Fsp3) is 0.833. The lowest BCUT2D eigenvalue weighted by Gasteiger charge is -2.26. The topological polar surface area (TPSA) is 74.2 Å². The molecule has 0 aromatic carbocycles. The van der Waals surface area contributed by atoms with Gasteiger partial charge in [0.05, 0.1) is 6.10 Å². The largest absolute Gasteiger partial charge is 0.368 e. The fourth-order valence-electron chi connectivity index (χ4n) is 2.20. The zero-order valence-electron chi connectivity index (χ0n) is 10.4. The van der Waals surface area contributed by atoms with Gasteiger partial charge in [0.1, 0.15) is 6.61 Å². The van der Waals surface area contributed by atoms with E-state index < -0.39 is 0 Å². The van der Waals surface area contributed by atoms with Gasteiger partial charge in [0, 0.05) is 12.5 Å². The Morgan fingerprint density at radius 2 is 2.35 bits per heavy atom. The van der Waals surface area contributed by atoms with Crippen LogP contribution in [-0.4, -0.2) is 22.3 Å². The van der Waals surface area contributed by atoms with Crippen LogP contribution in [0.5, 0.6) is 0 Å².